The van der Waals surface area contributed by atoms with Crippen molar-refractivity contribution < 1.29 is 14.5 Å². The van der Waals surface area contributed by atoms with Crippen molar-refractivity contribution in [3.05, 3.63) is 39.9 Å². The predicted octanol–water partition coefficient (Wildman–Crippen LogP) is 2.05. The molecule has 16 heavy (non-hydrogen) atoms. The molecule has 1 saturated carbocycles. The molecule has 1 aromatic rings. The van der Waals surface area contributed by atoms with Gasteiger partial charge in [-0.15, -0.1) is 0 Å². The fourth-order valence-electron chi connectivity index (χ4n) is 1.31. The van der Waals surface area contributed by atoms with Gasteiger partial charge in [0.15, 0.2) is 0 Å². The Morgan fingerprint density at radius 2 is 2.00 bits per heavy atom. The van der Waals surface area contributed by atoms with Crippen LogP contribution < -0.4 is 0 Å². The van der Waals surface area contributed by atoms with Gasteiger partial charge in [-0.3, -0.25) is 14.9 Å². The standard InChI is InChI=1S/C11H11NO4/c13-11(9-3-4-9)16-7-8-1-5-10(6-2-8)12(14)15/h1-2,5-6,9H,3-4,7H2. The van der Waals surface area contributed by atoms with Crippen LogP contribution in [0, 0.1) is 16.0 Å². The maximum Gasteiger partial charge on any atom is 0.309 e. The fraction of sp³-hybridized carbons (Fsp3) is 0.364. The van der Waals surface area contributed by atoms with Crippen molar-refractivity contribution in [3.8, 4) is 0 Å². The molecule has 0 radical (unpaired) electrons. The van der Waals surface area contributed by atoms with Gasteiger partial charge in [0.05, 0.1) is 10.8 Å². The van der Waals surface area contributed by atoms with E-state index >= 15 is 0 Å². The van der Waals surface area contributed by atoms with Gasteiger partial charge >= 0.3 is 5.97 Å². The third-order valence-corrected chi connectivity index (χ3v) is 2.44. The van der Waals surface area contributed by atoms with E-state index in [0.29, 0.717) is 0 Å². The topological polar surface area (TPSA) is 69.4 Å². The number of carbonyl (C=O) groups is 1. The summed E-state index contributed by atoms with van der Waals surface area (Å²) >= 11 is 0. The molecule has 0 atom stereocenters. The van der Waals surface area contributed by atoms with Crippen molar-refractivity contribution in [3.63, 3.8) is 0 Å². The number of esters is 1. The zero-order valence-electron chi connectivity index (χ0n) is 8.59. The van der Waals surface area contributed by atoms with Crippen LogP contribution in [0.3, 0.4) is 0 Å². The number of nitro benzene ring substituents is 1. The van der Waals surface area contributed by atoms with E-state index in [2.05, 4.69) is 0 Å². The van der Waals surface area contributed by atoms with Crippen LogP contribution in [0.4, 0.5) is 5.69 Å². The average molecular weight is 221 g/mol. The molecular weight excluding hydrogens is 210 g/mol. The highest BCUT2D eigenvalue weighted by Gasteiger charge is 2.31. The first-order valence-electron chi connectivity index (χ1n) is 5.07. The summed E-state index contributed by atoms with van der Waals surface area (Å²) in [7, 11) is 0. The normalized spacial score (nSPS) is 14.5. The Labute approximate surface area is 92.2 Å². The van der Waals surface area contributed by atoms with Gasteiger partial charge in [-0.2, -0.15) is 0 Å². The molecule has 0 aliphatic heterocycles. The Balaban J connectivity index is 1.89. The molecule has 1 aliphatic carbocycles. The van der Waals surface area contributed by atoms with E-state index in [4.69, 9.17) is 4.74 Å². The van der Waals surface area contributed by atoms with Crippen LogP contribution >= 0.6 is 0 Å². The first-order chi connectivity index (χ1) is 7.66. The summed E-state index contributed by atoms with van der Waals surface area (Å²) in [5.41, 5.74) is 0.803. The Bertz CT molecular complexity index is 408. The van der Waals surface area contributed by atoms with Crippen molar-refractivity contribution in [2.24, 2.45) is 5.92 Å². The van der Waals surface area contributed by atoms with Crippen LogP contribution in [0.2, 0.25) is 0 Å². The Hall–Kier alpha value is -1.91. The highest BCUT2D eigenvalue weighted by atomic mass is 16.6. The van der Waals surface area contributed by atoms with Gasteiger partial charge in [0.1, 0.15) is 6.61 Å². The molecule has 0 saturated heterocycles. The lowest BCUT2D eigenvalue weighted by Gasteiger charge is -2.03. The van der Waals surface area contributed by atoms with Crippen LogP contribution in [0.15, 0.2) is 24.3 Å². The van der Waals surface area contributed by atoms with Gasteiger partial charge in [-0.1, -0.05) is 0 Å². The van der Waals surface area contributed by atoms with Crippen molar-refractivity contribution in [2.75, 3.05) is 0 Å². The molecule has 0 bridgehead atoms. The first kappa shape index (κ1) is 10.6. The summed E-state index contributed by atoms with van der Waals surface area (Å²) in [5.74, 6) is -0.0867. The maximum atomic E-state index is 11.2. The molecule has 1 aromatic carbocycles. The number of hydrogen-bond acceptors (Lipinski definition) is 4. The van der Waals surface area contributed by atoms with E-state index in [1.165, 1.54) is 12.1 Å². The second-order valence-corrected chi connectivity index (χ2v) is 3.81. The van der Waals surface area contributed by atoms with E-state index in [1.807, 2.05) is 0 Å². The zero-order chi connectivity index (χ0) is 11.5. The van der Waals surface area contributed by atoms with Gasteiger partial charge in [0, 0.05) is 12.1 Å². The van der Waals surface area contributed by atoms with Gasteiger partial charge < -0.3 is 4.74 Å². The van der Waals surface area contributed by atoms with E-state index < -0.39 is 4.92 Å². The minimum absolute atomic E-state index is 0.0391. The second-order valence-electron chi connectivity index (χ2n) is 3.81. The predicted molar refractivity (Wildman–Crippen MR) is 55.6 cm³/mol. The Morgan fingerprint density at radius 1 is 1.38 bits per heavy atom. The molecule has 0 N–H and O–H groups in total. The molecule has 84 valence electrons. The van der Waals surface area contributed by atoms with E-state index in [-0.39, 0.29) is 24.2 Å². The lowest BCUT2D eigenvalue weighted by molar-refractivity contribution is -0.384. The van der Waals surface area contributed by atoms with E-state index in [9.17, 15) is 14.9 Å². The SMILES string of the molecule is O=C(OCc1ccc([N+](=O)[O-])cc1)C1CC1. The molecule has 5 nitrogen and oxygen atoms in total. The molecule has 2 rings (SSSR count). The third kappa shape index (κ3) is 2.56. The Morgan fingerprint density at radius 3 is 2.50 bits per heavy atom. The van der Waals surface area contributed by atoms with Gasteiger partial charge in [-0.05, 0) is 30.5 Å². The van der Waals surface area contributed by atoms with Crippen molar-refractivity contribution >= 4 is 11.7 Å². The number of ether oxygens (including phenoxy) is 1. The summed E-state index contributed by atoms with van der Waals surface area (Å²) in [6, 6.07) is 6.00. The molecule has 1 fully saturated rings. The molecule has 0 spiro atoms. The zero-order valence-corrected chi connectivity index (χ0v) is 8.59. The third-order valence-electron chi connectivity index (χ3n) is 2.44. The largest absolute Gasteiger partial charge is 0.461 e. The molecule has 5 heteroatoms. The molecule has 0 unspecified atom stereocenters. The van der Waals surface area contributed by atoms with Crippen LogP contribution in [-0.4, -0.2) is 10.9 Å². The minimum atomic E-state index is -0.458. The number of hydrogen-bond donors (Lipinski definition) is 0. The van der Waals surface area contributed by atoms with Crippen molar-refractivity contribution in [2.45, 2.75) is 19.4 Å². The summed E-state index contributed by atoms with van der Waals surface area (Å²) in [5, 5.41) is 10.4. The molecule has 1 aliphatic rings. The summed E-state index contributed by atoms with van der Waals surface area (Å²) < 4.78 is 5.04. The minimum Gasteiger partial charge on any atom is -0.461 e. The number of carbonyl (C=O) groups excluding carboxylic acids is 1. The van der Waals surface area contributed by atoms with Crippen LogP contribution in [-0.2, 0) is 16.1 Å². The van der Waals surface area contributed by atoms with Crippen molar-refractivity contribution in [1.29, 1.82) is 0 Å². The number of rotatable bonds is 4. The summed E-state index contributed by atoms with van der Waals surface area (Å²) in [6.07, 6.45) is 1.83. The van der Waals surface area contributed by atoms with Crippen LogP contribution in [0.25, 0.3) is 0 Å². The smallest absolute Gasteiger partial charge is 0.309 e. The van der Waals surface area contributed by atoms with Gasteiger partial charge in [-0.25, -0.2) is 0 Å². The van der Waals surface area contributed by atoms with Crippen LogP contribution in [0.1, 0.15) is 18.4 Å². The van der Waals surface area contributed by atoms with E-state index in [0.717, 1.165) is 18.4 Å². The lowest BCUT2D eigenvalue weighted by atomic mass is 10.2. The number of nitro groups is 1. The second kappa shape index (κ2) is 4.30. The lowest BCUT2D eigenvalue weighted by Crippen LogP contribution is -2.06. The number of nitrogens with zero attached hydrogens (tertiary/aromatic N) is 1. The number of benzene rings is 1. The van der Waals surface area contributed by atoms with Crippen molar-refractivity contribution in [1.82, 2.24) is 0 Å². The number of non-ortho nitro benzene ring substituents is 1. The molecule has 0 aromatic heterocycles. The molecule has 0 amide bonds. The van der Waals surface area contributed by atoms with Gasteiger partial charge in [0.2, 0.25) is 0 Å². The van der Waals surface area contributed by atoms with Gasteiger partial charge in [0.25, 0.3) is 5.69 Å². The molecular formula is C11H11NO4. The quantitative estimate of drug-likeness (QED) is 0.443. The average Bonchev–Trinajstić information content (AvgIpc) is 3.10. The van der Waals surface area contributed by atoms with E-state index in [1.54, 1.807) is 12.1 Å². The first-order valence-corrected chi connectivity index (χ1v) is 5.07. The summed E-state index contributed by atoms with van der Waals surface area (Å²) in [6.45, 7) is 0.188. The Kier molecular flexibility index (Phi) is 2.85. The van der Waals surface area contributed by atoms with Crippen LogP contribution in [0.5, 0.6) is 0 Å². The highest BCUT2D eigenvalue weighted by molar-refractivity contribution is 5.74. The molecule has 0 heterocycles. The maximum absolute atomic E-state index is 11.2. The highest BCUT2D eigenvalue weighted by Crippen LogP contribution is 2.30. The monoisotopic (exact) mass is 221 g/mol. The fourth-order valence-corrected chi connectivity index (χ4v) is 1.31. The summed E-state index contributed by atoms with van der Waals surface area (Å²) in [4.78, 5) is 21.2.